The highest BCUT2D eigenvalue weighted by molar-refractivity contribution is 6.00. The number of nitrogens with zero attached hydrogens (tertiary/aromatic N) is 1. The molecule has 1 aromatic carbocycles. The molecule has 1 aliphatic rings. The highest BCUT2D eigenvalue weighted by Gasteiger charge is 2.37. The van der Waals surface area contributed by atoms with Crippen LogP contribution in [0.3, 0.4) is 0 Å². The van der Waals surface area contributed by atoms with Crippen molar-refractivity contribution < 1.29 is 19.7 Å². The zero-order valence-corrected chi connectivity index (χ0v) is 11.6. The SMILES string of the molecule is CC(C)C1Oc2ccc(N)cc2N(CC(O)CO)C1=O. The van der Waals surface area contributed by atoms with Crippen molar-refractivity contribution >= 4 is 17.3 Å². The zero-order valence-electron chi connectivity index (χ0n) is 11.6. The number of rotatable bonds is 4. The van der Waals surface area contributed by atoms with Gasteiger partial charge in [0, 0.05) is 5.69 Å². The van der Waals surface area contributed by atoms with E-state index < -0.39 is 18.8 Å². The van der Waals surface area contributed by atoms with Crippen molar-refractivity contribution in [1.29, 1.82) is 0 Å². The first-order valence-corrected chi connectivity index (χ1v) is 6.60. The summed E-state index contributed by atoms with van der Waals surface area (Å²) in [7, 11) is 0. The van der Waals surface area contributed by atoms with Crippen molar-refractivity contribution in [3.63, 3.8) is 0 Å². The smallest absolute Gasteiger partial charge is 0.268 e. The Balaban J connectivity index is 2.40. The second-order valence-corrected chi connectivity index (χ2v) is 5.29. The monoisotopic (exact) mass is 280 g/mol. The lowest BCUT2D eigenvalue weighted by Gasteiger charge is -2.36. The van der Waals surface area contributed by atoms with Crippen LogP contribution in [0.25, 0.3) is 0 Å². The van der Waals surface area contributed by atoms with E-state index in [-0.39, 0.29) is 18.4 Å². The van der Waals surface area contributed by atoms with Gasteiger partial charge in [0.05, 0.1) is 24.9 Å². The Morgan fingerprint density at radius 2 is 2.15 bits per heavy atom. The topological polar surface area (TPSA) is 96.0 Å². The minimum Gasteiger partial charge on any atom is -0.478 e. The molecule has 0 aliphatic carbocycles. The number of β-amino-alcohol motifs (C(OH)–C–C–N with tert-alkyl or cyclic N) is 1. The van der Waals surface area contributed by atoms with Crippen LogP contribution in [0.2, 0.25) is 0 Å². The van der Waals surface area contributed by atoms with E-state index in [9.17, 15) is 9.90 Å². The number of ether oxygens (including phenoxy) is 1. The van der Waals surface area contributed by atoms with Gasteiger partial charge in [-0.3, -0.25) is 4.79 Å². The number of carbonyl (C=O) groups excluding carboxylic acids is 1. The standard InChI is InChI=1S/C14H20N2O4/c1-8(2)13-14(19)16(6-10(18)7-17)11-5-9(15)3-4-12(11)20-13/h3-5,8,10,13,17-18H,6-7,15H2,1-2H3. The van der Waals surface area contributed by atoms with E-state index in [0.717, 1.165) is 0 Å². The molecule has 1 heterocycles. The first-order valence-electron chi connectivity index (χ1n) is 6.60. The van der Waals surface area contributed by atoms with Crippen LogP contribution in [-0.2, 0) is 4.79 Å². The number of aliphatic hydroxyl groups excluding tert-OH is 2. The fourth-order valence-electron chi connectivity index (χ4n) is 2.18. The number of hydrogen-bond acceptors (Lipinski definition) is 5. The van der Waals surface area contributed by atoms with Crippen LogP contribution >= 0.6 is 0 Å². The summed E-state index contributed by atoms with van der Waals surface area (Å²) in [5.74, 6) is 0.329. The Morgan fingerprint density at radius 3 is 2.75 bits per heavy atom. The number of fused-ring (bicyclic) bond motifs is 1. The van der Waals surface area contributed by atoms with Gasteiger partial charge >= 0.3 is 0 Å². The molecule has 4 N–H and O–H groups in total. The summed E-state index contributed by atoms with van der Waals surface area (Å²) in [4.78, 5) is 13.9. The number of nitrogens with two attached hydrogens (primary N) is 1. The lowest BCUT2D eigenvalue weighted by molar-refractivity contribution is -0.128. The van der Waals surface area contributed by atoms with Gasteiger partial charge in [0.15, 0.2) is 6.10 Å². The molecule has 1 aromatic rings. The van der Waals surface area contributed by atoms with Crippen molar-refractivity contribution in [3.05, 3.63) is 18.2 Å². The Hall–Kier alpha value is -1.79. The summed E-state index contributed by atoms with van der Waals surface area (Å²) in [6.45, 7) is 3.39. The molecule has 0 aromatic heterocycles. The molecule has 20 heavy (non-hydrogen) atoms. The van der Waals surface area contributed by atoms with Gasteiger partial charge in [-0.25, -0.2) is 0 Å². The Morgan fingerprint density at radius 1 is 1.45 bits per heavy atom. The van der Waals surface area contributed by atoms with E-state index in [2.05, 4.69) is 0 Å². The van der Waals surface area contributed by atoms with Crippen LogP contribution in [0.4, 0.5) is 11.4 Å². The lowest BCUT2D eigenvalue weighted by atomic mass is 10.0. The summed E-state index contributed by atoms with van der Waals surface area (Å²) < 4.78 is 5.72. The van der Waals surface area contributed by atoms with Crippen molar-refractivity contribution in [3.8, 4) is 5.75 Å². The summed E-state index contributed by atoms with van der Waals surface area (Å²) in [5, 5.41) is 18.6. The number of aliphatic hydroxyl groups is 2. The number of nitrogen functional groups attached to an aromatic ring is 1. The third-order valence-electron chi connectivity index (χ3n) is 3.25. The van der Waals surface area contributed by atoms with Crippen LogP contribution in [-0.4, -0.2) is 41.5 Å². The fraction of sp³-hybridized carbons (Fsp3) is 0.500. The van der Waals surface area contributed by atoms with Crippen LogP contribution in [0, 0.1) is 5.92 Å². The molecule has 1 aliphatic heterocycles. The molecule has 0 saturated heterocycles. The molecule has 0 saturated carbocycles. The summed E-state index contributed by atoms with van der Waals surface area (Å²) in [6.07, 6.45) is -1.60. The lowest BCUT2D eigenvalue weighted by Crippen LogP contribution is -2.51. The number of amides is 1. The van der Waals surface area contributed by atoms with Gasteiger partial charge in [0.1, 0.15) is 5.75 Å². The Labute approximate surface area is 117 Å². The zero-order chi connectivity index (χ0) is 14.9. The number of carbonyl (C=O) groups is 1. The molecular formula is C14H20N2O4. The first kappa shape index (κ1) is 14.6. The van der Waals surface area contributed by atoms with Crippen LogP contribution < -0.4 is 15.4 Å². The quantitative estimate of drug-likeness (QED) is 0.693. The van der Waals surface area contributed by atoms with Crippen molar-refractivity contribution in [2.75, 3.05) is 23.8 Å². The van der Waals surface area contributed by atoms with E-state index in [1.807, 2.05) is 13.8 Å². The fourth-order valence-corrected chi connectivity index (χ4v) is 2.18. The minimum atomic E-state index is -1.00. The van der Waals surface area contributed by atoms with Crippen LogP contribution in [0.15, 0.2) is 18.2 Å². The van der Waals surface area contributed by atoms with E-state index in [1.165, 1.54) is 4.90 Å². The molecule has 2 unspecified atom stereocenters. The third-order valence-corrected chi connectivity index (χ3v) is 3.25. The van der Waals surface area contributed by atoms with Gasteiger partial charge in [-0.05, 0) is 24.1 Å². The predicted octanol–water partition coefficient (Wildman–Crippen LogP) is 0.372. The highest BCUT2D eigenvalue weighted by atomic mass is 16.5. The first-order chi connectivity index (χ1) is 9.43. The summed E-state index contributed by atoms with van der Waals surface area (Å²) >= 11 is 0. The van der Waals surface area contributed by atoms with Crippen molar-refractivity contribution in [2.45, 2.75) is 26.1 Å². The average Bonchev–Trinajstić information content (AvgIpc) is 2.41. The van der Waals surface area contributed by atoms with E-state index >= 15 is 0 Å². The maximum Gasteiger partial charge on any atom is 0.268 e. The van der Waals surface area contributed by atoms with Gasteiger partial charge in [-0.2, -0.15) is 0 Å². The molecule has 6 nitrogen and oxygen atoms in total. The number of hydrogen-bond donors (Lipinski definition) is 3. The molecule has 110 valence electrons. The largest absolute Gasteiger partial charge is 0.478 e. The molecule has 0 fully saturated rings. The second-order valence-electron chi connectivity index (χ2n) is 5.29. The Bertz CT molecular complexity index is 504. The van der Waals surface area contributed by atoms with Gasteiger partial charge in [0.2, 0.25) is 0 Å². The average molecular weight is 280 g/mol. The number of benzene rings is 1. The maximum absolute atomic E-state index is 12.5. The van der Waals surface area contributed by atoms with Crippen LogP contribution in [0.1, 0.15) is 13.8 Å². The van der Waals surface area contributed by atoms with Gasteiger partial charge in [-0.1, -0.05) is 13.8 Å². The molecule has 6 heteroatoms. The third kappa shape index (κ3) is 2.71. The van der Waals surface area contributed by atoms with E-state index in [1.54, 1.807) is 18.2 Å². The predicted molar refractivity (Wildman–Crippen MR) is 75.6 cm³/mol. The summed E-state index contributed by atoms with van der Waals surface area (Å²) in [6, 6.07) is 5.05. The van der Waals surface area contributed by atoms with E-state index in [0.29, 0.717) is 17.1 Å². The Kier molecular flexibility index (Phi) is 4.15. The molecule has 2 atom stereocenters. The second kappa shape index (κ2) is 5.68. The van der Waals surface area contributed by atoms with Crippen molar-refractivity contribution in [2.24, 2.45) is 5.92 Å². The molecule has 0 spiro atoms. The van der Waals surface area contributed by atoms with Gasteiger partial charge in [-0.15, -0.1) is 0 Å². The maximum atomic E-state index is 12.5. The molecule has 2 rings (SSSR count). The molecule has 0 radical (unpaired) electrons. The molecule has 0 bridgehead atoms. The normalized spacial score (nSPS) is 19.8. The van der Waals surface area contributed by atoms with Gasteiger partial charge in [0.25, 0.3) is 5.91 Å². The minimum absolute atomic E-state index is 0.00183. The van der Waals surface area contributed by atoms with Gasteiger partial charge < -0.3 is 25.6 Å². The van der Waals surface area contributed by atoms with E-state index in [4.69, 9.17) is 15.6 Å². The highest BCUT2D eigenvalue weighted by Crippen LogP contribution is 2.37. The van der Waals surface area contributed by atoms with Crippen molar-refractivity contribution in [1.82, 2.24) is 0 Å². The molecule has 1 amide bonds. The summed E-state index contributed by atoms with van der Waals surface area (Å²) in [5.41, 5.74) is 6.78. The number of anilines is 2. The van der Waals surface area contributed by atoms with Crippen LogP contribution in [0.5, 0.6) is 5.75 Å². The molecular weight excluding hydrogens is 260 g/mol.